The highest BCUT2D eigenvalue weighted by atomic mass is 35.5. The first-order valence-corrected chi connectivity index (χ1v) is 6.87. The number of nitrogens with one attached hydrogen (secondary N) is 1. The summed E-state index contributed by atoms with van der Waals surface area (Å²) in [6.45, 7) is 5.56. The van der Waals surface area contributed by atoms with E-state index in [0.29, 0.717) is 11.4 Å². The highest BCUT2D eigenvalue weighted by molar-refractivity contribution is 7.07. The molecule has 2 unspecified atom stereocenters. The van der Waals surface area contributed by atoms with Gasteiger partial charge in [0.15, 0.2) is 0 Å². The fourth-order valence-electron chi connectivity index (χ4n) is 2.04. The molecule has 1 heterocycles. The van der Waals surface area contributed by atoms with E-state index >= 15 is 0 Å². The van der Waals surface area contributed by atoms with Gasteiger partial charge in [-0.3, -0.25) is 0 Å². The van der Waals surface area contributed by atoms with Gasteiger partial charge in [0.25, 0.3) is 0 Å². The number of hydrogen-bond donors (Lipinski definition) is 1. The molecule has 0 aromatic carbocycles. The maximum absolute atomic E-state index is 6.18. The van der Waals surface area contributed by atoms with Crippen molar-refractivity contribution in [3.05, 3.63) is 22.4 Å². The van der Waals surface area contributed by atoms with Gasteiger partial charge in [-0.05, 0) is 47.2 Å². The summed E-state index contributed by atoms with van der Waals surface area (Å²) in [7, 11) is 0. The molecule has 1 aromatic rings. The molecule has 1 aliphatic carbocycles. The van der Waals surface area contributed by atoms with Gasteiger partial charge in [-0.15, -0.1) is 11.6 Å². The molecule has 0 aliphatic heterocycles. The molecule has 0 radical (unpaired) electrons. The van der Waals surface area contributed by atoms with Crippen molar-refractivity contribution in [3.63, 3.8) is 0 Å². The van der Waals surface area contributed by atoms with E-state index in [2.05, 4.69) is 36.0 Å². The van der Waals surface area contributed by atoms with E-state index in [1.807, 2.05) is 0 Å². The first kappa shape index (κ1) is 11.4. The maximum Gasteiger partial charge on any atom is 0.0416 e. The fourth-order valence-corrected chi connectivity index (χ4v) is 3.08. The SMILES string of the molecule is CC1(C)C(Cl)CC1NCCc1ccsc1. The summed E-state index contributed by atoms with van der Waals surface area (Å²) in [4.78, 5) is 0. The van der Waals surface area contributed by atoms with Crippen molar-refractivity contribution < 1.29 is 0 Å². The molecule has 0 spiro atoms. The summed E-state index contributed by atoms with van der Waals surface area (Å²) in [5, 5.41) is 8.30. The lowest BCUT2D eigenvalue weighted by Gasteiger charge is -2.49. The molecule has 1 aliphatic rings. The van der Waals surface area contributed by atoms with Crippen LogP contribution in [0.25, 0.3) is 0 Å². The lowest BCUT2D eigenvalue weighted by atomic mass is 9.67. The van der Waals surface area contributed by atoms with E-state index in [1.165, 1.54) is 5.56 Å². The summed E-state index contributed by atoms with van der Waals surface area (Å²) in [6.07, 6.45) is 2.24. The van der Waals surface area contributed by atoms with Crippen LogP contribution in [0.4, 0.5) is 0 Å². The van der Waals surface area contributed by atoms with Gasteiger partial charge in [-0.2, -0.15) is 11.3 Å². The van der Waals surface area contributed by atoms with Crippen molar-refractivity contribution in [1.29, 1.82) is 0 Å². The minimum atomic E-state index is 0.260. The number of halogens is 1. The van der Waals surface area contributed by atoms with Gasteiger partial charge in [-0.25, -0.2) is 0 Å². The van der Waals surface area contributed by atoms with Crippen LogP contribution in [0.5, 0.6) is 0 Å². The van der Waals surface area contributed by atoms with Crippen molar-refractivity contribution in [3.8, 4) is 0 Å². The lowest BCUT2D eigenvalue weighted by Crippen LogP contribution is -2.58. The topological polar surface area (TPSA) is 12.0 Å². The Balaban J connectivity index is 1.71. The molecule has 1 saturated carbocycles. The molecule has 3 heteroatoms. The van der Waals surface area contributed by atoms with Crippen molar-refractivity contribution in [1.82, 2.24) is 5.32 Å². The molecule has 2 rings (SSSR count). The normalized spacial score (nSPS) is 28.7. The zero-order chi connectivity index (χ0) is 10.9. The second-order valence-corrected chi connectivity index (χ2v) is 6.22. The monoisotopic (exact) mass is 243 g/mol. The molecule has 0 bridgehead atoms. The quantitative estimate of drug-likeness (QED) is 0.801. The van der Waals surface area contributed by atoms with Crippen LogP contribution in [-0.4, -0.2) is 18.0 Å². The predicted molar refractivity (Wildman–Crippen MR) is 67.9 cm³/mol. The van der Waals surface area contributed by atoms with Crippen molar-refractivity contribution in [2.24, 2.45) is 5.41 Å². The Labute approximate surface area is 101 Å². The highest BCUT2D eigenvalue weighted by Crippen LogP contribution is 2.44. The van der Waals surface area contributed by atoms with Crippen LogP contribution in [0.1, 0.15) is 25.8 Å². The molecule has 0 amide bonds. The zero-order valence-electron chi connectivity index (χ0n) is 9.29. The number of hydrogen-bond acceptors (Lipinski definition) is 2. The van der Waals surface area contributed by atoms with Gasteiger partial charge in [0, 0.05) is 11.4 Å². The van der Waals surface area contributed by atoms with Gasteiger partial charge in [0.05, 0.1) is 0 Å². The highest BCUT2D eigenvalue weighted by Gasteiger charge is 2.46. The van der Waals surface area contributed by atoms with Crippen LogP contribution < -0.4 is 5.32 Å². The third kappa shape index (κ3) is 2.38. The minimum Gasteiger partial charge on any atom is -0.313 e. The first-order valence-electron chi connectivity index (χ1n) is 5.49. The molecule has 15 heavy (non-hydrogen) atoms. The van der Waals surface area contributed by atoms with Crippen molar-refractivity contribution in [2.75, 3.05) is 6.54 Å². The van der Waals surface area contributed by atoms with E-state index < -0.39 is 0 Å². The number of rotatable bonds is 4. The van der Waals surface area contributed by atoms with Crippen molar-refractivity contribution >= 4 is 22.9 Å². The molecule has 0 saturated heterocycles. The standard InChI is InChI=1S/C12H18ClNS/c1-12(2)10(13)7-11(12)14-5-3-9-4-6-15-8-9/h4,6,8,10-11,14H,3,5,7H2,1-2H3. The second kappa shape index (κ2) is 4.44. The molecular weight excluding hydrogens is 226 g/mol. The molecule has 1 aromatic heterocycles. The van der Waals surface area contributed by atoms with E-state index in [-0.39, 0.29) is 5.41 Å². The summed E-state index contributed by atoms with van der Waals surface area (Å²) >= 11 is 7.95. The van der Waals surface area contributed by atoms with Gasteiger partial charge in [-0.1, -0.05) is 13.8 Å². The van der Waals surface area contributed by atoms with Crippen LogP contribution in [0.2, 0.25) is 0 Å². The summed E-state index contributed by atoms with van der Waals surface area (Å²) in [6, 6.07) is 2.79. The lowest BCUT2D eigenvalue weighted by molar-refractivity contribution is 0.118. The van der Waals surface area contributed by atoms with Crippen LogP contribution in [-0.2, 0) is 6.42 Å². The first-order chi connectivity index (χ1) is 7.10. The Morgan fingerprint density at radius 1 is 1.60 bits per heavy atom. The van der Waals surface area contributed by atoms with Crippen LogP contribution in [0.15, 0.2) is 16.8 Å². The fraction of sp³-hybridized carbons (Fsp3) is 0.667. The summed E-state index contributed by atoms with van der Waals surface area (Å²) in [5.41, 5.74) is 1.70. The van der Waals surface area contributed by atoms with E-state index in [1.54, 1.807) is 11.3 Å². The Kier molecular flexibility index (Phi) is 3.39. The number of alkyl halides is 1. The molecule has 2 atom stereocenters. The smallest absolute Gasteiger partial charge is 0.0416 e. The largest absolute Gasteiger partial charge is 0.313 e. The Bertz CT molecular complexity index is 307. The molecule has 1 N–H and O–H groups in total. The van der Waals surface area contributed by atoms with E-state index in [9.17, 15) is 0 Å². The molecule has 1 nitrogen and oxygen atoms in total. The average molecular weight is 244 g/mol. The Morgan fingerprint density at radius 2 is 2.40 bits per heavy atom. The molecule has 84 valence electrons. The summed E-state index contributed by atoms with van der Waals surface area (Å²) in [5.74, 6) is 0. The third-order valence-electron chi connectivity index (χ3n) is 3.53. The molecule has 1 fully saturated rings. The second-order valence-electron chi connectivity index (χ2n) is 4.91. The van der Waals surface area contributed by atoms with E-state index in [4.69, 9.17) is 11.6 Å². The summed E-state index contributed by atoms with van der Waals surface area (Å²) < 4.78 is 0. The zero-order valence-corrected chi connectivity index (χ0v) is 10.9. The van der Waals surface area contributed by atoms with E-state index in [0.717, 1.165) is 19.4 Å². The van der Waals surface area contributed by atoms with Gasteiger partial charge >= 0.3 is 0 Å². The van der Waals surface area contributed by atoms with Gasteiger partial charge in [0.2, 0.25) is 0 Å². The van der Waals surface area contributed by atoms with Crippen LogP contribution >= 0.6 is 22.9 Å². The van der Waals surface area contributed by atoms with Crippen LogP contribution in [0.3, 0.4) is 0 Å². The third-order valence-corrected chi connectivity index (χ3v) is 5.01. The van der Waals surface area contributed by atoms with Crippen molar-refractivity contribution in [2.45, 2.75) is 38.1 Å². The average Bonchev–Trinajstić information content (AvgIpc) is 2.69. The maximum atomic E-state index is 6.18. The molecular formula is C12H18ClNS. The number of thiophene rings is 1. The minimum absolute atomic E-state index is 0.260. The van der Waals surface area contributed by atoms with Gasteiger partial charge in [0.1, 0.15) is 0 Å². The van der Waals surface area contributed by atoms with Gasteiger partial charge < -0.3 is 5.32 Å². The predicted octanol–water partition coefficient (Wildman–Crippen LogP) is 3.29. The Morgan fingerprint density at radius 3 is 2.93 bits per heavy atom. The Hall–Kier alpha value is -0.0500. The van der Waals surface area contributed by atoms with Crippen LogP contribution in [0, 0.1) is 5.41 Å².